The fourth-order valence-electron chi connectivity index (χ4n) is 1.75. The molecule has 0 unspecified atom stereocenters. The van der Waals surface area contributed by atoms with E-state index in [0.717, 1.165) is 6.42 Å². The van der Waals surface area contributed by atoms with Crippen LogP contribution in [0.5, 0.6) is 0 Å². The van der Waals surface area contributed by atoms with Crippen LogP contribution in [-0.2, 0) is 4.79 Å². The number of hydrogen-bond donors (Lipinski definition) is 1. The summed E-state index contributed by atoms with van der Waals surface area (Å²) >= 11 is 0. The zero-order chi connectivity index (χ0) is 14.3. The van der Waals surface area contributed by atoms with E-state index in [2.05, 4.69) is 6.58 Å². The summed E-state index contributed by atoms with van der Waals surface area (Å²) in [6.45, 7) is 11.8. The van der Waals surface area contributed by atoms with Crippen LogP contribution in [0.25, 0.3) is 0 Å². The van der Waals surface area contributed by atoms with Gasteiger partial charge in [0.25, 0.3) is 0 Å². The molecule has 0 saturated carbocycles. The van der Waals surface area contributed by atoms with Crippen LogP contribution in [0.1, 0.15) is 34.1 Å². The van der Waals surface area contributed by atoms with E-state index >= 15 is 0 Å². The molecule has 1 N–H and O–H groups in total. The van der Waals surface area contributed by atoms with E-state index in [-0.39, 0.29) is 6.03 Å². The number of aliphatic carboxylic acids is 1. The summed E-state index contributed by atoms with van der Waals surface area (Å²) in [6.07, 6.45) is 2.47. The molecule has 0 aromatic rings. The maximum Gasteiger partial charge on any atom is 0.329 e. The van der Waals surface area contributed by atoms with E-state index in [0.29, 0.717) is 19.6 Å². The number of likely N-dealkylation sites (N-methyl/N-ethyl adjacent to an activating group) is 1. The van der Waals surface area contributed by atoms with Crippen molar-refractivity contribution >= 4 is 12.0 Å². The number of carbonyl (C=O) groups is 2. The monoisotopic (exact) mass is 256 g/mol. The van der Waals surface area contributed by atoms with Crippen LogP contribution in [0, 0.1) is 0 Å². The van der Waals surface area contributed by atoms with Gasteiger partial charge in [0, 0.05) is 19.6 Å². The topological polar surface area (TPSA) is 60.9 Å². The normalized spacial score (nSPS) is 10.9. The lowest BCUT2D eigenvalue weighted by atomic mass is 10.0. The molecule has 0 rings (SSSR count). The molecule has 0 aliphatic heterocycles. The molecular formula is C13H24N2O3. The maximum atomic E-state index is 12.3. The highest BCUT2D eigenvalue weighted by Crippen LogP contribution is 2.17. The average molecular weight is 256 g/mol. The molecule has 0 fully saturated rings. The van der Waals surface area contributed by atoms with E-state index in [1.54, 1.807) is 17.9 Å². The molecule has 2 amide bonds. The van der Waals surface area contributed by atoms with Crippen molar-refractivity contribution in [1.82, 2.24) is 9.80 Å². The number of urea groups is 1. The van der Waals surface area contributed by atoms with Crippen LogP contribution >= 0.6 is 0 Å². The minimum atomic E-state index is -1.21. The Balaban J connectivity index is 5.09. The summed E-state index contributed by atoms with van der Waals surface area (Å²) in [7, 11) is 0. The zero-order valence-corrected chi connectivity index (χ0v) is 11.8. The SMILES string of the molecule is C=CCN(CCC)C(=O)N(CC)C(C)(C)C(=O)O. The van der Waals surface area contributed by atoms with E-state index in [9.17, 15) is 14.7 Å². The highest BCUT2D eigenvalue weighted by Gasteiger charge is 2.38. The van der Waals surface area contributed by atoms with Crippen LogP contribution in [0.4, 0.5) is 4.79 Å². The van der Waals surface area contributed by atoms with Crippen LogP contribution < -0.4 is 0 Å². The number of carboxylic acid groups (broad SMARTS) is 1. The van der Waals surface area contributed by atoms with Gasteiger partial charge in [-0.05, 0) is 27.2 Å². The van der Waals surface area contributed by atoms with E-state index in [1.807, 2.05) is 6.92 Å². The fourth-order valence-corrected chi connectivity index (χ4v) is 1.75. The molecule has 0 aliphatic rings. The van der Waals surface area contributed by atoms with Gasteiger partial charge in [-0.25, -0.2) is 9.59 Å². The minimum absolute atomic E-state index is 0.258. The number of hydrogen-bond acceptors (Lipinski definition) is 2. The van der Waals surface area contributed by atoms with Gasteiger partial charge in [-0.15, -0.1) is 6.58 Å². The molecule has 0 aliphatic carbocycles. The number of amides is 2. The minimum Gasteiger partial charge on any atom is -0.480 e. The predicted octanol–water partition coefficient (Wildman–Crippen LogP) is 2.19. The first-order chi connectivity index (χ1) is 8.32. The van der Waals surface area contributed by atoms with Crippen molar-refractivity contribution in [2.45, 2.75) is 39.7 Å². The van der Waals surface area contributed by atoms with E-state index in [4.69, 9.17) is 0 Å². The second-order valence-corrected chi connectivity index (χ2v) is 4.63. The van der Waals surface area contributed by atoms with Gasteiger partial charge < -0.3 is 14.9 Å². The molecule has 0 aromatic heterocycles. The molecule has 0 radical (unpaired) electrons. The third kappa shape index (κ3) is 3.75. The second-order valence-electron chi connectivity index (χ2n) is 4.63. The lowest BCUT2D eigenvalue weighted by Crippen LogP contribution is -2.57. The van der Waals surface area contributed by atoms with Crippen molar-refractivity contribution in [3.05, 3.63) is 12.7 Å². The summed E-state index contributed by atoms with van der Waals surface area (Å²) in [4.78, 5) is 26.6. The third-order valence-corrected chi connectivity index (χ3v) is 2.86. The van der Waals surface area contributed by atoms with Gasteiger partial charge in [0.05, 0.1) is 0 Å². The Labute approximate surface area is 109 Å². The molecule has 0 saturated heterocycles. The quantitative estimate of drug-likeness (QED) is 0.710. The standard InChI is InChI=1S/C13H24N2O3/c1-6-9-14(10-7-2)12(18)15(8-3)13(4,5)11(16)17/h6H,1,7-10H2,2-5H3,(H,16,17). The van der Waals surface area contributed by atoms with Crippen molar-refractivity contribution in [2.75, 3.05) is 19.6 Å². The lowest BCUT2D eigenvalue weighted by molar-refractivity contribution is -0.147. The van der Waals surface area contributed by atoms with E-state index < -0.39 is 11.5 Å². The van der Waals surface area contributed by atoms with Gasteiger partial charge in [0.2, 0.25) is 0 Å². The molecule has 104 valence electrons. The molecule has 0 aromatic carbocycles. The Hall–Kier alpha value is -1.52. The van der Waals surface area contributed by atoms with Crippen LogP contribution in [-0.4, -0.2) is 52.1 Å². The van der Waals surface area contributed by atoms with Crippen LogP contribution in [0.2, 0.25) is 0 Å². The van der Waals surface area contributed by atoms with Crippen molar-refractivity contribution in [1.29, 1.82) is 0 Å². The maximum absolute atomic E-state index is 12.3. The Bertz CT molecular complexity index is 313. The van der Waals surface area contributed by atoms with Crippen molar-refractivity contribution < 1.29 is 14.7 Å². The predicted molar refractivity (Wildman–Crippen MR) is 71.6 cm³/mol. The summed E-state index contributed by atoms with van der Waals surface area (Å²) in [6, 6.07) is -0.258. The molecule has 0 spiro atoms. The zero-order valence-electron chi connectivity index (χ0n) is 11.8. The number of carbonyl (C=O) groups excluding carboxylic acids is 1. The van der Waals surface area contributed by atoms with Crippen molar-refractivity contribution in [2.24, 2.45) is 0 Å². The van der Waals surface area contributed by atoms with Gasteiger partial charge >= 0.3 is 12.0 Å². The fraction of sp³-hybridized carbons (Fsp3) is 0.692. The summed E-state index contributed by atoms with van der Waals surface area (Å²) in [5, 5.41) is 9.20. The highest BCUT2D eigenvalue weighted by molar-refractivity contribution is 5.85. The molecule has 0 heterocycles. The Morgan fingerprint density at radius 2 is 1.89 bits per heavy atom. The van der Waals surface area contributed by atoms with E-state index in [1.165, 1.54) is 18.7 Å². The summed E-state index contributed by atoms with van der Waals surface area (Å²) in [5.74, 6) is -1.01. The molecule has 5 nitrogen and oxygen atoms in total. The highest BCUT2D eigenvalue weighted by atomic mass is 16.4. The molecule has 0 bridgehead atoms. The van der Waals surface area contributed by atoms with Crippen LogP contribution in [0.3, 0.4) is 0 Å². The van der Waals surface area contributed by atoms with Gasteiger partial charge in [-0.2, -0.15) is 0 Å². The first kappa shape index (κ1) is 16.5. The van der Waals surface area contributed by atoms with Crippen molar-refractivity contribution in [3.63, 3.8) is 0 Å². The lowest BCUT2D eigenvalue weighted by Gasteiger charge is -2.37. The first-order valence-electron chi connectivity index (χ1n) is 6.23. The Kier molecular flexibility index (Phi) is 6.44. The smallest absolute Gasteiger partial charge is 0.329 e. The molecule has 0 atom stereocenters. The third-order valence-electron chi connectivity index (χ3n) is 2.86. The van der Waals surface area contributed by atoms with Gasteiger partial charge in [0.15, 0.2) is 0 Å². The van der Waals surface area contributed by atoms with Crippen molar-refractivity contribution in [3.8, 4) is 0 Å². The largest absolute Gasteiger partial charge is 0.480 e. The number of carboxylic acids is 1. The Morgan fingerprint density at radius 1 is 1.33 bits per heavy atom. The Morgan fingerprint density at radius 3 is 2.22 bits per heavy atom. The number of nitrogens with zero attached hydrogens (tertiary/aromatic N) is 2. The summed E-state index contributed by atoms with van der Waals surface area (Å²) < 4.78 is 0. The van der Waals surface area contributed by atoms with Gasteiger partial charge in [0.1, 0.15) is 5.54 Å². The average Bonchev–Trinajstić information content (AvgIpc) is 2.28. The molecular weight excluding hydrogens is 232 g/mol. The number of rotatable bonds is 7. The first-order valence-corrected chi connectivity index (χ1v) is 6.23. The summed E-state index contributed by atoms with van der Waals surface area (Å²) in [5.41, 5.74) is -1.21. The van der Waals surface area contributed by atoms with Crippen LogP contribution in [0.15, 0.2) is 12.7 Å². The van der Waals surface area contributed by atoms with Gasteiger partial charge in [-0.1, -0.05) is 13.0 Å². The molecule has 18 heavy (non-hydrogen) atoms. The van der Waals surface area contributed by atoms with Gasteiger partial charge in [-0.3, -0.25) is 0 Å². The second kappa shape index (κ2) is 7.03. The molecule has 5 heteroatoms.